The maximum atomic E-state index is 5.10. The van der Waals surface area contributed by atoms with E-state index in [0.29, 0.717) is 17.5 Å². The maximum absolute atomic E-state index is 5.10. The van der Waals surface area contributed by atoms with Crippen LogP contribution in [0.5, 0.6) is 0 Å². The van der Waals surface area contributed by atoms with Crippen LogP contribution < -0.4 is 0 Å². The molecule has 5 heteroatoms. The molecule has 3 aromatic heterocycles. The van der Waals surface area contributed by atoms with Crippen molar-refractivity contribution in [2.45, 2.75) is 0 Å². The number of fused-ring (bicyclic) bond motifs is 13. The van der Waals surface area contributed by atoms with Gasteiger partial charge in [0.2, 0.25) is 0 Å². The highest BCUT2D eigenvalue weighted by Gasteiger charge is 2.22. The van der Waals surface area contributed by atoms with E-state index in [1.54, 1.807) is 0 Å². The van der Waals surface area contributed by atoms with Gasteiger partial charge in [0.15, 0.2) is 17.5 Å². The van der Waals surface area contributed by atoms with E-state index >= 15 is 0 Å². The lowest BCUT2D eigenvalue weighted by Gasteiger charge is -2.14. The van der Waals surface area contributed by atoms with Crippen LogP contribution in [0.15, 0.2) is 212 Å². The van der Waals surface area contributed by atoms with E-state index in [1.165, 1.54) is 59.4 Å². The van der Waals surface area contributed by atoms with E-state index in [2.05, 4.69) is 161 Å². The van der Waals surface area contributed by atoms with Gasteiger partial charge in [-0.1, -0.05) is 170 Å². The minimum absolute atomic E-state index is 0.624. The molecule has 0 aliphatic heterocycles. The Balaban J connectivity index is 1.07. The highest BCUT2D eigenvalue weighted by atomic mass is 15.0. The number of rotatable bonds is 5. The molecule has 0 amide bonds. The van der Waals surface area contributed by atoms with Crippen molar-refractivity contribution in [1.29, 1.82) is 0 Å². The van der Waals surface area contributed by atoms with Crippen LogP contribution in [-0.2, 0) is 0 Å². The lowest BCUT2D eigenvalue weighted by molar-refractivity contribution is 1.07. The van der Waals surface area contributed by atoms with Crippen LogP contribution in [0.2, 0.25) is 0 Å². The van der Waals surface area contributed by atoms with Crippen LogP contribution >= 0.6 is 0 Å². The van der Waals surface area contributed by atoms with Crippen molar-refractivity contribution >= 4 is 75.9 Å². The molecule has 288 valence electrons. The van der Waals surface area contributed by atoms with Gasteiger partial charge in [0.25, 0.3) is 0 Å². The number of hydrogen-bond donors (Lipinski definition) is 0. The van der Waals surface area contributed by atoms with Crippen molar-refractivity contribution in [3.63, 3.8) is 0 Å². The summed E-state index contributed by atoms with van der Waals surface area (Å²) in [5.74, 6) is 1.90. The monoisotopic (exact) mass is 789 g/mol. The number of benzene rings is 10. The average Bonchev–Trinajstić information content (AvgIpc) is 3.87. The fourth-order valence-corrected chi connectivity index (χ4v) is 9.81. The van der Waals surface area contributed by atoms with Gasteiger partial charge >= 0.3 is 0 Å². The van der Waals surface area contributed by atoms with E-state index < -0.39 is 0 Å². The molecule has 0 aliphatic rings. The Kier molecular flexibility index (Phi) is 7.54. The molecule has 0 N–H and O–H groups in total. The molecular weight excluding hydrogens is 755 g/mol. The Morgan fingerprint density at radius 3 is 1.34 bits per heavy atom. The molecule has 3 heterocycles. The van der Waals surface area contributed by atoms with Crippen LogP contribution in [0.3, 0.4) is 0 Å². The zero-order valence-corrected chi connectivity index (χ0v) is 33.4. The summed E-state index contributed by atoms with van der Waals surface area (Å²) in [6.07, 6.45) is 0. The molecule has 0 bridgehead atoms. The standard InChI is InChI=1S/C57H35N5/c1-3-16-36(17-4-1)55-58-56(37-18-5-2-6-19-37)60-57(59-55)38-20-15-21-39(34-38)62-50-28-13-11-26-46(50)47-32-33-52-53(54(47)62)48-27-12-14-29-51(48)61(52)40-30-31-45-43-24-8-7-22-41(43)42-23-9-10-25-44(42)49(45)35-40/h1-35H. The highest BCUT2D eigenvalue weighted by molar-refractivity contribution is 6.28. The van der Waals surface area contributed by atoms with Crippen molar-refractivity contribution in [2.24, 2.45) is 0 Å². The lowest BCUT2D eigenvalue weighted by Crippen LogP contribution is -2.01. The second-order valence-electron chi connectivity index (χ2n) is 16.0. The normalized spacial score (nSPS) is 11.9. The van der Waals surface area contributed by atoms with E-state index in [1.807, 2.05) is 60.7 Å². The van der Waals surface area contributed by atoms with E-state index in [-0.39, 0.29) is 0 Å². The molecular formula is C57H35N5. The number of nitrogens with zero attached hydrogens (tertiary/aromatic N) is 5. The van der Waals surface area contributed by atoms with Gasteiger partial charge in [0.1, 0.15) is 0 Å². The number of para-hydroxylation sites is 2. The van der Waals surface area contributed by atoms with Crippen LogP contribution in [0.1, 0.15) is 0 Å². The molecule has 0 atom stereocenters. The minimum Gasteiger partial charge on any atom is -0.309 e. The zero-order valence-electron chi connectivity index (χ0n) is 33.4. The molecule has 62 heavy (non-hydrogen) atoms. The Morgan fingerprint density at radius 1 is 0.258 bits per heavy atom. The molecule has 0 radical (unpaired) electrons. The van der Waals surface area contributed by atoms with Crippen LogP contribution in [0.4, 0.5) is 0 Å². The third kappa shape index (κ3) is 5.18. The first-order valence-corrected chi connectivity index (χ1v) is 21.0. The second-order valence-corrected chi connectivity index (χ2v) is 16.0. The molecule has 0 spiro atoms. The first-order valence-electron chi connectivity index (χ1n) is 21.0. The number of hydrogen-bond acceptors (Lipinski definition) is 3. The van der Waals surface area contributed by atoms with Gasteiger partial charge in [-0.2, -0.15) is 0 Å². The molecule has 0 saturated carbocycles. The predicted octanol–water partition coefficient (Wildman–Crippen LogP) is 14.5. The van der Waals surface area contributed by atoms with Crippen LogP contribution in [-0.4, -0.2) is 24.1 Å². The molecule has 13 aromatic rings. The van der Waals surface area contributed by atoms with Crippen molar-refractivity contribution in [2.75, 3.05) is 0 Å². The molecule has 10 aromatic carbocycles. The summed E-state index contributed by atoms with van der Waals surface area (Å²) < 4.78 is 4.89. The SMILES string of the molecule is c1ccc(-c2nc(-c3ccccc3)nc(-c3cccc(-n4c5ccccc5c5ccc6c(c7ccccc7n6-c6ccc7c8ccccc8c8ccccc8c7c6)c54)c3)n2)cc1. The summed E-state index contributed by atoms with van der Waals surface area (Å²) in [5, 5.41) is 12.4. The summed E-state index contributed by atoms with van der Waals surface area (Å²) in [6.45, 7) is 0. The Bertz CT molecular complexity index is 3830. The summed E-state index contributed by atoms with van der Waals surface area (Å²) in [6, 6.07) is 75.7. The van der Waals surface area contributed by atoms with E-state index in [4.69, 9.17) is 15.0 Å². The first-order chi connectivity index (χ1) is 30.8. The molecule has 0 unspecified atom stereocenters. The van der Waals surface area contributed by atoms with Crippen molar-refractivity contribution in [1.82, 2.24) is 24.1 Å². The Morgan fingerprint density at radius 2 is 0.710 bits per heavy atom. The van der Waals surface area contributed by atoms with Gasteiger partial charge in [-0.15, -0.1) is 0 Å². The second kappa shape index (κ2) is 13.6. The summed E-state index contributed by atoms with van der Waals surface area (Å²) >= 11 is 0. The zero-order chi connectivity index (χ0) is 40.7. The summed E-state index contributed by atoms with van der Waals surface area (Å²) in [4.78, 5) is 15.2. The maximum Gasteiger partial charge on any atom is 0.164 e. The summed E-state index contributed by atoms with van der Waals surface area (Å²) in [7, 11) is 0. The molecule has 0 aliphatic carbocycles. The summed E-state index contributed by atoms with van der Waals surface area (Å²) in [5.41, 5.74) is 9.58. The highest BCUT2D eigenvalue weighted by Crippen LogP contribution is 2.43. The average molecular weight is 790 g/mol. The topological polar surface area (TPSA) is 48.5 Å². The minimum atomic E-state index is 0.624. The van der Waals surface area contributed by atoms with Gasteiger partial charge in [-0.25, -0.2) is 15.0 Å². The largest absolute Gasteiger partial charge is 0.309 e. The van der Waals surface area contributed by atoms with Gasteiger partial charge in [0, 0.05) is 49.6 Å². The third-order valence-electron chi connectivity index (χ3n) is 12.5. The van der Waals surface area contributed by atoms with Crippen molar-refractivity contribution < 1.29 is 0 Å². The Hall–Kier alpha value is -8.41. The molecule has 0 saturated heterocycles. The van der Waals surface area contributed by atoms with Crippen molar-refractivity contribution in [3.8, 4) is 45.5 Å². The van der Waals surface area contributed by atoms with Crippen LogP contribution in [0.25, 0.3) is 121 Å². The quantitative estimate of drug-likeness (QED) is 0.163. The predicted molar refractivity (Wildman–Crippen MR) is 257 cm³/mol. The Labute approximate surface area is 356 Å². The fourth-order valence-electron chi connectivity index (χ4n) is 9.81. The van der Waals surface area contributed by atoms with E-state index in [9.17, 15) is 0 Å². The molecule has 0 fully saturated rings. The first kappa shape index (κ1) is 34.5. The van der Waals surface area contributed by atoms with Gasteiger partial charge < -0.3 is 9.13 Å². The third-order valence-corrected chi connectivity index (χ3v) is 12.5. The number of aromatic nitrogens is 5. The smallest absolute Gasteiger partial charge is 0.164 e. The molecule has 5 nitrogen and oxygen atoms in total. The van der Waals surface area contributed by atoms with Gasteiger partial charge in [0.05, 0.1) is 22.1 Å². The fraction of sp³-hybridized carbons (Fsp3) is 0. The van der Waals surface area contributed by atoms with E-state index in [0.717, 1.165) is 44.6 Å². The van der Waals surface area contributed by atoms with Gasteiger partial charge in [-0.05, 0) is 74.8 Å². The van der Waals surface area contributed by atoms with Crippen LogP contribution in [0, 0.1) is 0 Å². The van der Waals surface area contributed by atoms with Crippen molar-refractivity contribution in [3.05, 3.63) is 212 Å². The lowest BCUT2D eigenvalue weighted by atomic mass is 9.94. The van der Waals surface area contributed by atoms with Gasteiger partial charge in [-0.3, -0.25) is 0 Å². The molecule has 13 rings (SSSR count).